The van der Waals surface area contributed by atoms with E-state index in [1.165, 1.54) is 25.7 Å². The molecule has 82 valence electrons. The van der Waals surface area contributed by atoms with Crippen molar-refractivity contribution >= 4 is 0 Å². The van der Waals surface area contributed by atoms with Gasteiger partial charge in [0.15, 0.2) is 0 Å². The van der Waals surface area contributed by atoms with Gasteiger partial charge in [-0.3, -0.25) is 0 Å². The maximum atomic E-state index is 5.27. The standard InChI is InChI=1S/C12H23NO/c1-8(2)9-4-10(5-9)13-11-6-12(7-11)14-3/h8-13H,4-7H2,1-3H3. The zero-order chi connectivity index (χ0) is 10.1. The third-order valence-corrected chi connectivity index (χ3v) is 4.02. The molecule has 2 fully saturated rings. The summed E-state index contributed by atoms with van der Waals surface area (Å²) in [6, 6.07) is 1.56. The Morgan fingerprint density at radius 1 is 1.07 bits per heavy atom. The van der Waals surface area contributed by atoms with Gasteiger partial charge in [0, 0.05) is 19.2 Å². The first kappa shape index (κ1) is 10.4. The SMILES string of the molecule is COC1CC(NC2CC(C(C)C)C2)C1. The second-order valence-corrected chi connectivity index (χ2v) is 5.37. The fourth-order valence-electron chi connectivity index (χ4n) is 2.57. The zero-order valence-electron chi connectivity index (χ0n) is 9.62. The normalized spacial score (nSPS) is 42.0. The van der Waals surface area contributed by atoms with Crippen molar-refractivity contribution in [3.8, 4) is 0 Å². The summed E-state index contributed by atoms with van der Waals surface area (Å²) < 4.78 is 5.27. The summed E-state index contributed by atoms with van der Waals surface area (Å²) in [5, 5.41) is 3.72. The summed E-state index contributed by atoms with van der Waals surface area (Å²) in [5.41, 5.74) is 0. The van der Waals surface area contributed by atoms with Gasteiger partial charge >= 0.3 is 0 Å². The van der Waals surface area contributed by atoms with Crippen LogP contribution in [0.4, 0.5) is 0 Å². The molecule has 0 saturated heterocycles. The fraction of sp³-hybridized carbons (Fsp3) is 1.00. The van der Waals surface area contributed by atoms with Gasteiger partial charge < -0.3 is 10.1 Å². The lowest BCUT2D eigenvalue weighted by molar-refractivity contribution is 0.00587. The highest BCUT2D eigenvalue weighted by Crippen LogP contribution is 2.35. The summed E-state index contributed by atoms with van der Waals surface area (Å²) >= 11 is 0. The lowest BCUT2D eigenvalue weighted by atomic mass is 9.72. The zero-order valence-corrected chi connectivity index (χ0v) is 9.62. The second-order valence-electron chi connectivity index (χ2n) is 5.37. The Morgan fingerprint density at radius 3 is 2.14 bits per heavy atom. The molecule has 0 aliphatic heterocycles. The van der Waals surface area contributed by atoms with E-state index >= 15 is 0 Å². The Labute approximate surface area is 87.4 Å². The maximum absolute atomic E-state index is 5.27. The van der Waals surface area contributed by atoms with E-state index in [-0.39, 0.29) is 0 Å². The van der Waals surface area contributed by atoms with Gasteiger partial charge in [-0.1, -0.05) is 13.8 Å². The van der Waals surface area contributed by atoms with E-state index in [0.717, 1.165) is 23.9 Å². The predicted molar refractivity (Wildman–Crippen MR) is 58.3 cm³/mol. The second kappa shape index (κ2) is 4.19. The van der Waals surface area contributed by atoms with Crippen LogP contribution in [0.5, 0.6) is 0 Å². The minimum Gasteiger partial charge on any atom is -0.381 e. The molecule has 1 N–H and O–H groups in total. The molecule has 2 aliphatic carbocycles. The summed E-state index contributed by atoms with van der Waals surface area (Å²) in [6.07, 6.45) is 5.77. The molecule has 0 atom stereocenters. The van der Waals surface area contributed by atoms with E-state index in [1.807, 2.05) is 7.11 Å². The molecule has 0 aromatic heterocycles. The van der Waals surface area contributed by atoms with Gasteiger partial charge in [0.2, 0.25) is 0 Å². The van der Waals surface area contributed by atoms with E-state index in [2.05, 4.69) is 19.2 Å². The molecule has 0 radical (unpaired) electrons. The molecule has 2 rings (SSSR count). The van der Waals surface area contributed by atoms with E-state index in [0.29, 0.717) is 6.10 Å². The molecule has 14 heavy (non-hydrogen) atoms. The molecule has 0 heterocycles. The summed E-state index contributed by atoms with van der Waals surface area (Å²) in [4.78, 5) is 0. The highest BCUT2D eigenvalue weighted by molar-refractivity contribution is 4.93. The van der Waals surface area contributed by atoms with Crippen LogP contribution in [-0.4, -0.2) is 25.3 Å². The highest BCUT2D eigenvalue weighted by atomic mass is 16.5. The van der Waals surface area contributed by atoms with Gasteiger partial charge in [-0.05, 0) is 37.5 Å². The average molecular weight is 197 g/mol. The lowest BCUT2D eigenvalue weighted by Crippen LogP contribution is -2.53. The average Bonchev–Trinajstić information content (AvgIpc) is 1.97. The van der Waals surface area contributed by atoms with Gasteiger partial charge in [-0.2, -0.15) is 0 Å². The molecule has 0 spiro atoms. The van der Waals surface area contributed by atoms with Crippen molar-refractivity contribution in [2.75, 3.05) is 7.11 Å². The molecule has 0 aromatic rings. The molecule has 2 aliphatic rings. The number of methoxy groups -OCH3 is 1. The first-order chi connectivity index (χ1) is 6.69. The number of hydrogen-bond donors (Lipinski definition) is 1. The van der Waals surface area contributed by atoms with Gasteiger partial charge in [-0.25, -0.2) is 0 Å². The summed E-state index contributed by atoms with van der Waals surface area (Å²) in [7, 11) is 1.82. The van der Waals surface area contributed by atoms with Crippen molar-refractivity contribution in [2.45, 2.75) is 57.7 Å². The topological polar surface area (TPSA) is 21.3 Å². The van der Waals surface area contributed by atoms with Gasteiger partial charge in [0.25, 0.3) is 0 Å². The minimum atomic E-state index is 0.536. The molecule has 0 bridgehead atoms. The van der Waals surface area contributed by atoms with Crippen molar-refractivity contribution in [3.63, 3.8) is 0 Å². The van der Waals surface area contributed by atoms with Crippen LogP contribution in [-0.2, 0) is 4.74 Å². The Balaban J connectivity index is 1.57. The molecule has 0 unspecified atom stereocenters. The third kappa shape index (κ3) is 2.12. The van der Waals surface area contributed by atoms with Crippen molar-refractivity contribution in [1.29, 1.82) is 0 Å². The number of nitrogens with one attached hydrogen (secondary N) is 1. The van der Waals surface area contributed by atoms with Crippen molar-refractivity contribution in [1.82, 2.24) is 5.32 Å². The smallest absolute Gasteiger partial charge is 0.0601 e. The fourth-order valence-corrected chi connectivity index (χ4v) is 2.57. The molecule has 0 aromatic carbocycles. The highest BCUT2D eigenvalue weighted by Gasteiger charge is 2.36. The largest absolute Gasteiger partial charge is 0.381 e. The Morgan fingerprint density at radius 2 is 1.64 bits per heavy atom. The van der Waals surface area contributed by atoms with E-state index in [4.69, 9.17) is 4.74 Å². The number of hydrogen-bond acceptors (Lipinski definition) is 2. The summed E-state index contributed by atoms with van der Waals surface area (Å²) in [6.45, 7) is 4.68. The van der Waals surface area contributed by atoms with E-state index in [1.54, 1.807) is 0 Å². The van der Waals surface area contributed by atoms with Crippen molar-refractivity contribution in [3.05, 3.63) is 0 Å². The molecule has 2 nitrogen and oxygen atoms in total. The minimum absolute atomic E-state index is 0.536. The van der Waals surface area contributed by atoms with Crippen LogP contribution >= 0.6 is 0 Å². The van der Waals surface area contributed by atoms with Crippen LogP contribution < -0.4 is 5.32 Å². The van der Waals surface area contributed by atoms with Crippen LogP contribution in [0.3, 0.4) is 0 Å². The van der Waals surface area contributed by atoms with Crippen LogP contribution in [0.25, 0.3) is 0 Å². The van der Waals surface area contributed by atoms with E-state index < -0.39 is 0 Å². The Bertz CT molecular complexity index is 181. The molecule has 2 saturated carbocycles. The van der Waals surface area contributed by atoms with Gasteiger partial charge in [-0.15, -0.1) is 0 Å². The van der Waals surface area contributed by atoms with Crippen LogP contribution in [0.1, 0.15) is 39.5 Å². The van der Waals surface area contributed by atoms with Crippen molar-refractivity contribution in [2.24, 2.45) is 11.8 Å². The lowest BCUT2D eigenvalue weighted by Gasteiger charge is -2.44. The Kier molecular flexibility index (Phi) is 3.13. The van der Waals surface area contributed by atoms with E-state index in [9.17, 15) is 0 Å². The van der Waals surface area contributed by atoms with Crippen LogP contribution in [0.2, 0.25) is 0 Å². The molecule has 2 heteroatoms. The molecule has 0 amide bonds. The predicted octanol–water partition coefficient (Wildman–Crippen LogP) is 2.19. The molecular weight excluding hydrogens is 174 g/mol. The summed E-state index contributed by atoms with van der Waals surface area (Å²) in [5.74, 6) is 1.85. The number of rotatable bonds is 4. The quantitative estimate of drug-likeness (QED) is 0.746. The molecular formula is C12H23NO. The first-order valence-corrected chi connectivity index (χ1v) is 5.98. The van der Waals surface area contributed by atoms with Gasteiger partial charge in [0.1, 0.15) is 0 Å². The van der Waals surface area contributed by atoms with Gasteiger partial charge in [0.05, 0.1) is 6.10 Å². The van der Waals surface area contributed by atoms with Crippen LogP contribution in [0.15, 0.2) is 0 Å². The van der Waals surface area contributed by atoms with Crippen molar-refractivity contribution < 1.29 is 4.74 Å². The van der Waals surface area contributed by atoms with Crippen LogP contribution in [0, 0.1) is 11.8 Å². The first-order valence-electron chi connectivity index (χ1n) is 5.98. The number of ether oxygens (including phenoxy) is 1. The maximum Gasteiger partial charge on any atom is 0.0601 e. The third-order valence-electron chi connectivity index (χ3n) is 4.02. The monoisotopic (exact) mass is 197 g/mol. The Hall–Kier alpha value is -0.0800.